The van der Waals surface area contributed by atoms with Crippen molar-refractivity contribution in [3.63, 3.8) is 0 Å². The maximum atomic E-state index is 12.4. The van der Waals surface area contributed by atoms with E-state index in [1.54, 1.807) is 25.2 Å². The van der Waals surface area contributed by atoms with E-state index in [0.29, 0.717) is 24.7 Å². The van der Waals surface area contributed by atoms with Gasteiger partial charge in [-0.3, -0.25) is 4.99 Å². The van der Waals surface area contributed by atoms with E-state index < -0.39 is 12.8 Å². The zero-order valence-electron chi connectivity index (χ0n) is 15.3. The average molecular weight is 509 g/mol. The van der Waals surface area contributed by atoms with Crippen LogP contribution in [0, 0.1) is 0 Å². The van der Waals surface area contributed by atoms with Crippen molar-refractivity contribution < 1.29 is 22.6 Å². The predicted octanol–water partition coefficient (Wildman–Crippen LogP) is 3.99. The number of nitrogens with one attached hydrogen (secondary N) is 2. The summed E-state index contributed by atoms with van der Waals surface area (Å²) in [4.78, 5) is 4.08. The number of hydrogen-bond acceptors (Lipinski definition) is 3. The number of guanidine groups is 1. The molecule has 0 aliphatic rings. The summed E-state index contributed by atoms with van der Waals surface area (Å²) in [6, 6.07) is 16.0. The maximum absolute atomic E-state index is 12.4. The van der Waals surface area contributed by atoms with Crippen LogP contribution < -0.4 is 20.1 Å². The van der Waals surface area contributed by atoms with Gasteiger partial charge in [0.15, 0.2) is 12.6 Å². The third kappa shape index (κ3) is 9.16. The fraction of sp³-hybridized carbons (Fsp3) is 0.316. The Morgan fingerprint density at radius 1 is 0.964 bits per heavy atom. The fourth-order valence-electron chi connectivity index (χ4n) is 2.20. The summed E-state index contributed by atoms with van der Waals surface area (Å²) >= 11 is 0. The first-order valence-electron chi connectivity index (χ1n) is 8.38. The van der Waals surface area contributed by atoms with Crippen LogP contribution in [0.2, 0.25) is 0 Å². The normalized spacial score (nSPS) is 11.4. The first kappa shape index (κ1) is 23.9. The van der Waals surface area contributed by atoms with Gasteiger partial charge in [0.25, 0.3) is 0 Å². The Balaban J connectivity index is 0.00000392. The monoisotopic (exact) mass is 509 g/mol. The Kier molecular flexibility index (Phi) is 10.5. The highest BCUT2D eigenvalue weighted by Crippen LogP contribution is 2.22. The lowest BCUT2D eigenvalue weighted by Gasteiger charge is -2.15. The van der Waals surface area contributed by atoms with Gasteiger partial charge in [0.1, 0.15) is 18.1 Å². The Hall–Kier alpha value is -2.17. The van der Waals surface area contributed by atoms with Crippen molar-refractivity contribution in [3.05, 3.63) is 60.2 Å². The number of halogens is 4. The molecule has 0 saturated heterocycles. The number of aliphatic imine (C=N–C) groups is 1. The van der Waals surface area contributed by atoms with Crippen molar-refractivity contribution in [1.29, 1.82) is 0 Å². The molecule has 0 unspecified atom stereocenters. The van der Waals surface area contributed by atoms with E-state index in [2.05, 4.69) is 15.6 Å². The van der Waals surface area contributed by atoms with Crippen LogP contribution in [0.3, 0.4) is 0 Å². The molecule has 0 heterocycles. The van der Waals surface area contributed by atoms with Crippen molar-refractivity contribution in [1.82, 2.24) is 10.6 Å². The molecule has 28 heavy (non-hydrogen) atoms. The number of nitrogens with zero attached hydrogens (tertiary/aromatic N) is 1. The highest BCUT2D eigenvalue weighted by atomic mass is 127. The van der Waals surface area contributed by atoms with Gasteiger partial charge in [-0.25, -0.2) is 0 Å². The summed E-state index contributed by atoms with van der Waals surface area (Å²) in [6.45, 7) is -0.0994. The van der Waals surface area contributed by atoms with Crippen molar-refractivity contribution in [2.24, 2.45) is 4.99 Å². The second-order valence-corrected chi connectivity index (χ2v) is 5.53. The molecule has 2 aromatic rings. The molecule has 5 nitrogen and oxygen atoms in total. The fourth-order valence-corrected chi connectivity index (χ4v) is 2.20. The van der Waals surface area contributed by atoms with E-state index in [1.807, 2.05) is 30.3 Å². The van der Waals surface area contributed by atoms with E-state index in [-0.39, 0.29) is 36.3 Å². The first-order valence-corrected chi connectivity index (χ1v) is 8.38. The van der Waals surface area contributed by atoms with E-state index in [0.717, 1.165) is 5.75 Å². The van der Waals surface area contributed by atoms with Gasteiger partial charge in [0.05, 0.1) is 6.54 Å². The Bertz CT molecular complexity index is 728. The van der Waals surface area contributed by atoms with Crippen molar-refractivity contribution in [3.8, 4) is 11.5 Å². The third-order valence-electron chi connectivity index (χ3n) is 3.44. The molecule has 0 fully saturated rings. The van der Waals surface area contributed by atoms with Crippen LogP contribution in [0.25, 0.3) is 0 Å². The number of hydrogen-bond donors (Lipinski definition) is 2. The van der Waals surface area contributed by atoms with Crippen LogP contribution in [-0.4, -0.2) is 38.9 Å². The molecule has 0 amide bonds. The lowest BCUT2D eigenvalue weighted by Crippen LogP contribution is -2.39. The molecule has 154 valence electrons. The zero-order chi connectivity index (χ0) is 19.5. The standard InChI is InChI=1S/C19H22F3N3O2.HI/c1-23-18(24-11-12-26-16-8-3-2-4-9-16)25-13-15-7-5-6-10-17(15)27-14-19(20,21)22;/h2-10H,11-14H2,1H3,(H2,23,24,25);1H. The van der Waals surface area contributed by atoms with Crippen LogP contribution in [0.5, 0.6) is 11.5 Å². The van der Waals surface area contributed by atoms with E-state index in [4.69, 9.17) is 9.47 Å². The SMILES string of the molecule is CN=C(NCCOc1ccccc1)NCc1ccccc1OCC(F)(F)F.I. The molecule has 0 aliphatic heterocycles. The predicted molar refractivity (Wildman–Crippen MR) is 114 cm³/mol. The summed E-state index contributed by atoms with van der Waals surface area (Å²) in [5.41, 5.74) is 0.602. The topological polar surface area (TPSA) is 54.9 Å². The minimum absolute atomic E-state index is 0. The molecule has 2 rings (SSSR count). The Morgan fingerprint density at radius 3 is 2.32 bits per heavy atom. The molecule has 0 saturated carbocycles. The Morgan fingerprint density at radius 2 is 1.64 bits per heavy atom. The van der Waals surface area contributed by atoms with Gasteiger partial charge in [-0.1, -0.05) is 36.4 Å². The largest absolute Gasteiger partial charge is 0.492 e. The van der Waals surface area contributed by atoms with Crippen LogP contribution in [0.1, 0.15) is 5.56 Å². The molecule has 0 bridgehead atoms. The molecule has 0 aliphatic carbocycles. The van der Waals surface area contributed by atoms with Crippen LogP contribution in [0.4, 0.5) is 13.2 Å². The lowest BCUT2D eigenvalue weighted by molar-refractivity contribution is -0.153. The molecule has 0 aromatic heterocycles. The van der Waals surface area contributed by atoms with Crippen LogP contribution >= 0.6 is 24.0 Å². The quantitative estimate of drug-likeness (QED) is 0.245. The highest BCUT2D eigenvalue weighted by molar-refractivity contribution is 14.0. The van der Waals surface area contributed by atoms with Gasteiger partial charge in [-0.2, -0.15) is 13.2 Å². The summed E-state index contributed by atoms with van der Waals surface area (Å²) in [7, 11) is 1.61. The second kappa shape index (κ2) is 12.3. The van der Waals surface area contributed by atoms with Crippen LogP contribution in [0.15, 0.2) is 59.6 Å². The van der Waals surface area contributed by atoms with E-state index in [1.165, 1.54) is 6.07 Å². The second-order valence-electron chi connectivity index (χ2n) is 5.53. The van der Waals surface area contributed by atoms with E-state index >= 15 is 0 Å². The molecule has 9 heteroatoms. The molecular formula is C19H23F3IN3O2. The van der Waals surface area contributed by atoms with Crippen molar-refractivity contribution >= 4 is 29.9 Å². The number of rotatable bonds is 8. The van der Waals surface area contributed by atoms with Gasteiger partial charge >= 0.3 is 6.18 Å². The minimum Gasteiger partial charge on any atom is -0.492 e. The summed E-state index contributed by atoms with van der Waals surface area (Å²) in [5.74, 6) is 1.47. The van der Waals surface area contributed by atoms with E-state index in [9.17, 15) is 13.2 Å². The van der Waals surface area contributed by atoms with Gasteiger partial charge in [0.2, 0.25) is 0 Å². The molecule has 0 radical (unpaired) electrons. The molecule has 2 N–H and O–H groups in total. The smallest absolute Gasteiger partial charge is 0.422 e. The minimum atomic E-state index is -4.38. The first-order chi connectivity index (χ1) is 13.0. The third-order valence-corrected chi connectivity index (χ3v) is 3.44. The summed E-state index contributed by atoms with van der Waals surface area (Å²) in [5, 5.41) is 6.12. The lowest BCUT2D eigenvalue weighted by atomic mass is 10.2. The van der Waals surface area contributed by atoms with Crippen molar-refractivity contribution in [2.45, 2.75) is 12.7 Å². The molecule has 0 spiro atoms. The van der Waals surface area contributed by atoms with Crippen molar-refractivity contribution in [2.75, 3.05) is 26.8 Å². The maximum Gasteiger partial charge on any atom is 0.422 e. The highest BCUT2D eigenvalue weighted by Gasteiger charge is 2.28. The average Bonchev–Trinajstić information content (AvgIpc) is 2.66. The molecule has 0 atom stereocenters. The number of alkyl halides is 3. The summed E-state index contributed by atoms with van der Waals surface area (Å²) < 4.78 is 47.5. The van der Waals surface area contributed by atoms with Gasteiger partial charge < -0.3 is 20.1 Å². The summed E-state index contributed by atoms with van der Waals surface area (Å²) in [6.07, 6.45) is -4.38. The molecular weight excluding hydrogens is 486 g/mol. The van der Waals surface area contributed by atoms with Crippen LogP contribution in [-0.2, 0) is 6.54 Å². The number of ether oxygens (including phenoxy) is 2. The van der Waals surface area contributed by atoms with Gasteiger partial charge in [-0.05, 0) is 18.2 Å². The number of benzene rings is 2. The molecule has 2 aromatic carbocycles. The number of para-hydroxylation sites is 2. The van der Waals surface area contributed by atoms with Gasteiger partial charge in [0, 0.05) is 19.2 Å². The Labute approximate surface area is 179 Å². The zero-order valence-corrected chi connectivity index (χ0v) is 17.7. The van der Waals surface area contributed by atoms with Gasteiger partial charge in [-0.15, -0.1) is 24.0 Å².